The summed E-state index contributed by atoms with van der Waals surface area (Å²) < 4.78 is 5.75. The van der Waals surface area contributed by atoms with Crippen LogP contribution >= 0.6 is 0 Å². The first-order chi connectivity index (χ1) is 33.1. The predicted octanol–water partition coefficient (Wildman–Crippen LogP) is 0.494. The summed E-state index contributed by atoms with van der Waals surface area (Å²) in [5, 5.41) is 17.6. The fraction of sp³-hybridized carbons (Fsp3) is 0.542. The number of carbonyl (C=O) groups excluding carboxylic acids is 9. The molecule has 22 nitrogen and oxygen atoms in total. The molecule has 0 saturated carbocycles. The van der Waals surface area contributed by atoms with Crippen molar-refractivity contribution < 1.29 is 57.8 Å². The summed E-state index contributed by atoms with van der Waals surface area (Å²) in [6, 6.07) is 6.84. The molecule has 384 valence electrons. The Bertz CT molecular complexity index is 2160. The Balaban J connectivity index is 1.88. The van der Waals surface area contributed by atoms with Crippen molar-refractivity contribution in [3.63, 3.8) is 0 Å². The van der Waals surface area contributed by atoms with Crippen LogP contribution < -0.4 is 43.6 Å². The molecule has 0 spiro atoms. The zero-order chi connectivity index (χ0) is 52.2. The first-order valence-electron chi connectivity index (χ1n) is 23.5. The molecular formula is C48H70N10O12. The molecule has 7 atom stereocenters. The molecule has 1 saturated heterocycles. The van der Waals surface area contributed by atoms with Gasteiger partial charge in [-0.25, -0.2) is 0 Å². The zero-order valence-corrected chi connectivity index (χ0v) is 40.6. The monoisotopic (exact) mass is 979 g/mol. The summed E-state index contributed by atoms with van der Waals surface area (Å²) in [5.74, 6) is -8.83. The van der Waals surface area contributed by atoms with E-state index in [1.165, 1.54) is 11.9 Å². The number of likely N-dealkylation sites (N-methyl/N-ethyl adjacent to an activating group) is 1. The Kier molecular flexibility index (Phi) is 22.7. The van der Waals surface area contributed by atoms with Crippen molar-refractivity contribution in [2.75, 3.05) is 26.7 Å². The van der Waals surface area contributed by atoms with Crippen molar-refractivity contribution >= 4 is 59.1 Å². The van der Waals surface area contributed by atoms with Crippen LogP contribution in [0.1, 0.15) is 102 Å². The lowest BCUT2D eigenvalue weighted by Crippen LogP contribution is -2.64. The molecule has 0 bridgehead atoms. The molecule has 1 aliphatic heterocycles. The second-order valence-corrected chi connectivity index (χ2v) is 17.9. The number of amides is 9. The fourth-order valence-electron chi connectivity index (χ4n) is 8.38. The number of carboxylic acid groups (broad SMARTS) is 1. The maximum Gasteiger partial charge on any atom is 0.305 e. The standard InChI is InChI=1S/C48H70N10O12/c1-6-29(4)42(48(69)57-23-11-12-31(57)25-38(50)59)56(5)46(67)34(24-28(2)3)55-45(66)36(20-21-49)58(37(43(52)64)27-41(62)63)47(68)35(26-39(51)60)54-40(61)15-10-22-53-44(65)30-16-18-33(19-17-30)70-32-13-8-7-9-14-32/h7-9,13-14,16-19,28-29,31,34-37,42H,6,10-12,15,20-27,49H2,1-5H3,(H2,50,59)(H2,51,60)(H2,52,64)(H,53,65)(H,54,61)(H,55,66)(H,62,63)/t29-,31-,34-,35-,36-,37-,42-/m0/s1. The van der Waals surface area contributed by atoms with Gasteiger partial charge in [-0.1, -0.05) is 52.3 Å². The summed E-state index contributed by atoms with van der Waals surface area (Å²) in [6.45, 7) is 7.20. The number of carbonyl (C=O) groups is 10. The highest BCUT2D eigenvalue weighted by molar-refractivity contribution is 6.00. The Morgan fingerprint density at radius 3 is 2.03 bits per heavy atom. The molecule has 2 aromatic carbocycles. The maximum atomic E-state index is 14.6. The summed E-state index contributed by atoms with van der Waals surface area (Å²) in [4.78, 5) is 137. The van der Waals surface area contributed by atoms with Crippen LogP contribution in [0.5, 0.6) is 11.5 Å². The lowest BCUT2D eigenvalue weighted by atomic mass is 9.94. The molecule has 0 radical (unpaired) electrons. The molecule has 1 heterocycles. The summed E-state index contributed by atoms with van der Waals surface area (Å²) in [5.41, 5.74) is 22.9. The van der Waals surface area contributed by atoms with E-state index < -0.39 is 121 Å². The van der Waals surface area contributed by atoms with Gasteiger partial charge in [0.1, 0.15) is 41.7 Å². The highest BCUT2D eigenvalue weighted by Crippen LogP contribution is 2.27. The van der Waals surface area contributed by atoms with Gasteiger partial charge in [0, 0.05) is 44.6 Å². The molecule has 12 N–H and O–H groups in total. The molecule has 0 aromatic heterocycles. The predicted molar refractivity (Wildman–Crippen MR) is 256 cm³/mol. The number of nitrogens with one attached hydrogen (secondary N) is 3. The Hall–Kier alpha value is -7.10. The van der Waals surface area contributed by atoms with Gasteiger partial charge >= 0.3 is 5.97 Å². The first-order valence-corrected chi connectivity index (χ1v) is 23.5. The minimum Gasteiger partial charge on any atom is -0.481 e. The number of aliphatic carboxylic acids is 1. The van der Waals surface area contributed by atoms with Crippen LogP contribution in [0.4, 0.5) is 0 Å². The van der Waals surface area contributed by atoms with E-state index in [2.05, 4.69) is 16.0 Å². The van der Waals surface area contributed by atoms with Gasteiger partial charge < -0.3 is 63.4 Å². The van der Waals surface area contributed by atoms with Gasteiger partial charge in [0.05, 0.1) is 12.8 Å². The normalized spacial score (nSPS) is 15.8. The van der Waals surface area contributed by atoms with E-state index in [-0.39, 0.29) is 44.7 Å². The Morgan fingerprint density at radius 1 is 0.829 bits per heavy atom. The van der Waals surface area contributed by atoms with E-state index in [0.29, 0.717) is 47.8 Å². The summed E-state index contributed by atoms with van der Waals surface area (Å²) in [7, 11) is 1.42. The van der Waals surface area contributed by atoms with Gasteiger partial charge in [-0.05, 0) is 86.9 Å². The smallest absolute Gasteiger partial charge is 0.305 e. The second kappa shape index (κ2) is 27.8. The van der Waals surface area contributed by atoms with Crippen LogP contribution in [0.15, 0.2) is 54.6 Å². The number of ether oxygens (including phenoxy) is 1. The number of rotatable bonds is 29. The van der Waals surface area contributed by atoms with Crippen LogP contribution in [0, 0.1) is 11.8 Å². The van der Waals surface area contributed by atoms with Gasteiger partial charge in [-0.15, -0.1) is 0 Å². The van der Waals surface area contributed by atoms with Crippen LogP contribution in [0.2, 0.25) is 0 Å². The number of hydrogen-bond acceptors (Lipinski definition) is 12. The highest BCUT2D eigenvalue weighted by Gasteiger charge is 2.45. The summed E-state index contributed by atoms with van der Waals surface area (Å²) >= 11 is 0. The SMILES string of the molecule is CC[C@H](C)[C@@H](C(=O)N1CCC[C@H]1CC(N)=O)N(C)C(=O)[C@H](CC(C)C)NC(=O)[C@H](CCN)N(C(=O)[C@H](CC(N)=O)NC(=O)CCCNC(=O)c1ccc(Oc2ccccc2)cc1)[C@@H](CC(=O)O)C(N)=O. The quantitative estimate of drug-likeness (QED) is 0.0516. The second-order valence-electron chi connectivity index (χ2n) is 17.9. The van der Waals surface area contributed by atoms with Gasteiger partial charge in [0.2, 0.25) is 47.3 Å². The summed E-state index contributed by atoms with van der Waals surface area (Å²) in [6.07, 6.45) is -1.06. The van der Waals surface area contributed by atoms with Crippen LogP contribution in [-0.4, -0.2) is 142 Å². The third kappa shape index (κ3) is 17.1. The lowest BCUT2D eigenvalue weighted by molar-refractivity contribution is -0.154. The van der Waals surface area contributed by atoms with E-state index in [0.717, 1.165) is 0 Å². The van der Waals surface area contributed by atoms with Crippen LogP contribution in [0.3, 0.4) is 0 Å². The number of benzene rings is 2. The average Bonchev–Trinajstić information content (AvgIpc) is 3.76. The molecule has 70 heavy (non-hydrogen) atoms. The van der Waals surface area contributed by atoms with Crippen molar-refractivity contribution in [2.24, 2.45) is 34.8 Å². The topological polar surface area (TPSA) is 350 Å². The number of para-hydroxylation sites is 1. The molecule has 1 aliphatic rings. The van der Waals surface area contributed by atoms with Crippen LogP contribution in [-0.2, 0) is 43.2 Å². The van der Waals surface area contributed by atoms with E-state index in [1.807, 2.05) is 25.1 Å². The lowest BCUT2D eigenvalue weighted by Gasteiger charge is -2.39. The van der Waals surface area contributed by atoms with Crippen molar-refractivity contribution in [3.05, 3.63) is 60.2 Å². The van der Waals surface area contributed by atoms with Crippen molar-refractivity contribution in [1.82, 2.24) is 30.7 Å². The molecule has 0 aliphatic carbocycles. The minimum absolute atomic E-state index is 0.00195. The molecule has 0 unspecified atom stereocenters. The highest BCUT2D eigenvalue weighted by atomic mass is 16.5. The Labute approximate surface area is 407 Å². The largest absolute Gasteiger partial charge is 0.481 e. The molecule has 3 rings (SSSR count). The van der Waals surface area contributed by atoms with Crippen LogP contribution in [0.25, 0.3) is 0 Å². The number of likely N-dealkylation sites (tertiary alicyclic amines) is 1. The number of carboxylic acids is 1. The van der Waals surface area contributed by atoms with Crippen molar-refractivity contribution in [1.29, 1.82) is 0 Å². The van der Waals surface area contributed by atoms with E-state index >= 15 is 0 Å². The zero-order valence-electron chi connectivity index (χ0n) is 40.6. The van der Waals surface area contributed by atoms with E-state index in [1.54, 1.807) is 62.1 Å². The first kappa shape index (κ1) is 57.2. The molecule has 2 aromatic rings. The van der Waals surface area contributed by atoms with Gasteiger partial charge in [-0.3, -0.25) is 47.9 Å². The molecular weight excluding hydrogens is 909 g/mol. The maximum absolute atomic E-state index is 14.6. The molecule has 22 heteroatoms. The van der Waals surface area contributed by atoms with Gasteiger partial charge in [0.15, 0.2) is 0 Å². The van der Waals surface area contributed by atoms with Gasteiger partial charge in [-0.2, -0.15) is 0 Å². The molecule has 9 amide bonds. The number of primary amides is 3. The number of hydrogen-bond donors (Lipinski definition) is 8. The molecule has 1 fully saturated rings. The average molecular weight is 979 g/mol. The van der Waals surface area contributed by atoms with Gasteiger partial charge in [0.25, 0.3) is 5.91 Å². The van der Waals surface area contributed by atoms with Crippen molar-refractivity contribution in [2.45, 2.75) is 128 Å². The van der Waals surface area contributed by atoms with E-state index in [9.17, 15) is 53.1 Å². The number of nitrogens with two attached hydrogens (primary N) is 4. The third-order valence-electron chi connectivity index (χ3n) is 12.0. The fourth-order valence-corrected chi connectivity index (χ4v) is 8.38. The van der Waals surface area contributed by atoms with Crippen molar-refractivity contribution in [3.8, 4) is 11.5 Å². The Morgan fingerprint density at radius 2 is 1.47 bits per heavy atom. The number of nitrogens with zero attached hydrogens (tertiary/aromatic N) is 3. The third-order valence-corrected chi connectivity index (χ3v) is 12.0. The van der Waals surface area contributed by atoms with E-state index in [4.69, 9.17) is 27.7 Å². The minimum atomic E-state index is -2.04.